The molecule has 5 nitrogen and oxygen atoms in total. The predicted octanol–water partition coefficient (Wildman–Crippen LogP) is 4.29. The van der Waals surface area contributed by atoms with Crippen LogP contribution >= 0.6 is 22.7 Å². The van der Waals surface area contributed by atoms with Crippen molar-refractivity contribution in [3.05, 3.63) is 52.6 Å². The molecule has 0 unspecified atom stereocenters. The average Bonchev–Trinajstić information content (AvgIpc) is 3.31. The Balaban J connectivity index is 1.33. The van der Waals surface area contributed by atoms with Crippen molar-refractivity contribution in [2.75, 3.05) is 20.2 Å². The van der Waals surface area contributed by atoms with Gasteiger partial charge in [0.25, 0.3) is 5.91 Å². The highest BCUT2D eigenvalue weighted by molar-refractivity contribution is 7.21. The van der Waals surface area contributed by atoms with Gasteiger partial charge < -0.3 is 9.64 Å². The lowest BCUT2D eigenvalue weighted by molar-refractivity contribution is 0.0792. The molecule has 8 heteroatoms. The van der Waals surface area contributed by atoms with Crippen LogP contribution in [0.1, 0.15) is 16.1 Å². The maximum Gasteiger partial charge on any atom is 0.263 e. The van der Waals surface area contributed by atoms with Crippen LogP contribution in [0.3, 0.4) is 0 Å². The first-order valence-corrected chi connectivity index (χ1v) is 9.80. The first-order chi connectivity index (χ1) is 12.6. The molecular formula is C18H16FN3O2S2. The summed E-state index contributed by atoms with van der Waals surface area (Å²) in [4.78, 5) is 21.3. The van der Waals surface area contributed by atoms with E-state index in [1.165, 1.54) is 23.5 Å². The summed E-state index contributed by atoms with van der Waals surface area (Å²) < 4.78 is 20.4. The summed E-state index contributed by atoms with van der Waals surface area (Å²) in [6, 6.07) is 7.82. The second kappa shape index (κ2) is 7.05. The Morgan fingerprint density at radius 1 is 1.35 bits per heavy atom. The number of ether oxygens (including phenoxy) is 1. The highest BCUT2D eigenvalue weighted by Crippen LogP contribution is 2.28. The Morgan fingerprint density at radius 2 is 2.15 bits per heavy atom. The van der Waals surface area contributed by atoms with Crippen LogP contribution in [0.4, 0.5) is 4.39 Å². The summed E-state index contributed by atoms with van der Waals surface area (Å²) in [5.74, 6) is 0.323. The van der Waals surface area contributed by atoms with Crippen molar-refractivity contribution in [2.24, 2.45) is 0 Å². The minimum Gasteiger partial charge on any atom is -0.494 e. The maximum atomic E-state index is 12.8. The van der Waals surface area contributed by atoms with Crippen molar-refractivity contribution in [3.8, 4) is 5.75 Å². The van der Waals surface area contributed by atoms with Crippen LogP contribution in [0.25, 0.3) is 15.3 Å². The standard InChI is InChI=1S/C18H16FN3O2S2/c1-21(7-2-9-24-13-5-3-12(19)4-6-13)17(23)15-11-14-16(26-15)20-18-22(14)8-10-25-18/h3-6,8,10-11H,2,7,9H2,1H3. The number of carbonyl (C=O) groups is 1. The normalized spacial score (nSPS) is 11.3. The molecule has 0 fully saturated rings. The van der Waals surface area contributed by atoms with Gasteiger partial charge in [0, 0.05) is 25.2 Å². The summed E-state index contributed by atoms with van der Waals surface area (Å²) in [7, 11) is 1.78. The fourth-order valence-electron chi connectivity index (χ4n) is 2.67. The fourth-order valence-corrected chi connectivity index (χ4v) is 4.46. The average molecular weight is 389 g/mol. The molecule has 0 saturated carbocycles. The topological polar surface area (TPSA) is 46.8 Å². The molecule has 26 heavy (non-hydrogen) atoms. The molecule has 0 aliphatic heterocycles. The van der Waals surface area contributed by atoms with E-state index < -0.39 is 0 Å². The number of hydrogen-bond donors (Lipinski definition) is 0. The van der Waals surface area contributed by atoms with Crippen molar-refractivity contribution in [1.82, 2.24) is 14.3 Å². The Bertz CT molecular complexity index is 1050. The van der Waals surface area contributed by atoms with Crippen LogP contribution in [0.2, 0.25) is 0 Å². The van der Waals surface area contributed by atoms with Crippen molar-refractivity contribution >= 4 is 43.9 Å². The van der Waals surface area contributed by atoms with Gasteiger partial charge in [-0.3, -0.25) is 9.20 Å². The second-order valence-electron chi connectivity index (χ2n) is 5.85. The highest BCUT2D eigenvalue weighted by atomic mass is 32.1. The van der Waals surface area contributed by atoms with Crippen molar-refractivity contribution in [3.63, 3.8) is 0 Å². The Labute approximate surface area is 157 Å². The zero-order valence-electron chi connectivity index (χ0n) is 14.0. The highest BCUT2D eigenvalue weighted by Gasteiger charge is 2.17. The third-order valence-electron chi connectivity index (χ3n) is 4.02. The number of aromatic nitrogens is 2. The number of benzene rings is 1. The van der Waals surface area contributed by atoms with Gasteiger partial charge in [-0.1, -0.05) is 0 Å². The molecule has 1 amide bonds. The van der Waals surface area contributed by atoms with Crippen LogP contribution in [-0.2, 0) is 0 Å². The summed E-state index contributed by atoms with van der Waals surface area (Å²) in [6.07, 6.45) is 2.66. The van der Waals surface area contributed by atoms with Crippen molar-refractivity contribution < 1.29 is 13.9 Å². The first kappa shape index (κ1) is 17.0. The molecule has 0 N–H and O–H groups in total. The number of thiophene rings is 1. The van der Waals surface area contributed by atoms with E-state index in [4.69, 9.17) is 4.74 Å². The summed E-state index contributed by atoms with van der Waals surface area (Å²) in [6.45, 7) is 1.05. The van der Waals surface area contributed by atoms with Crippen LogP contribution in [0.15, 0.2) is 41.9 Å². The smallest absolute Gasteiger partial charge is 0.263 e. The monoisotopic (exact) mass is 389 g/mol. The van der Waals surface area contributed by atoms with Crippen molar-refractivity contribution in [2.45, 2.75) is 6.42 Å². The van der Waals surface area contributed by atoms with Gasteiger partial charge in [0.05, 0.1) is 17.0 Å². The second-order valence-corrected chi connectivity index (χ2v) is 7.75. The van der Waals surface area contributed by atoms with E-state index in [0.29, 0.717) is 30.2 Å². The number of fused-ring (bicyclic) bond motifs is 3. The SMILES string of the molecule is CN(CCCOc1ccc(F)cc1)C(=O)c1cc2c(nc3sccn32)s1. The zero-order chi connectivity index (χ0) is 18.1. The maximum absolute atomic E-state index is 12.8. The van der Waals surface area contributed by atoms with E-state index >= 15 is 0 Å². The Kier molecular flexibility index (Phi) is 4.60. The third kappa shape index (κ3) is 3.30. The largest absolute Gasteiger partial charge is 0.494 e. The van der Waals surface area contributed by atoms with Crippen LogP contribution < -0.4 is 4.74 Å². The van der Waals surface area contributed by atoms with Gasteiger partial charge in [0.15, 0.2) is 4.96 Å². The molecular weight excluding hydrogens is 373 g/mol. The molecule has 0 radical (unpaired) electrons. The molecule has 0 bridgehead atoms. The van der Waals surface area contributed by atoms with Crippen molar-refractivity contribution in [1.29, 1.82) is 0 Å². The molecule has 3 heterocycles. The first-order valence-electron chi connectivity index (χ1n) is 8.11. The number of rotatable bonds is 6. The molecule has 0 saturated heterocycles. The quantitative estimate of drug-likeness (QED) is 0.462. The molecule has 0 aliphatic rings. The van der Waals surface area contributed by atoms with E-state index in [1.807, 2.05) is 22.0 Å². The van der Waals surface area contributed by atoms with Gasteiger partial charge in [0.2, 0.25) is 0 Å². The van der Waals surface area contributed by atoms with E-state index in [9.17, 15) is 9.18 Å². The van der Waals surface area contributed by atoms with Gasteiger partial charge in [-0.15, -0.1) is 22.7 Å². The lowest BCUT2D eigenvalue weighted by Gasteiger charge is -2.16. The van der Waals surface area contributed by atoms with Crippen LogP contribution in [0.5, 0.6) is 5.75 Å². The predicted molar refractivity (Wildman–Crippen MR) is 102 cm³/mol. The van der Waals surface area contributed by atoms with Gasteiger partial charge in [-0.2, -0.15) is 0 Å². The number of thiazole rings is 1. The number of carbonyl (C=O) groups excluding carboxylic acids is 1. The van der Waals surface area contributed by atoms with E-state index in [0.717, 1.165) is 15.3 Å². The van der Waals surface area contributed by atoms with Gasteiger partial charge in [-0.05, 0) is 36.8 Å². The van der Waals surface area contributed by atoms with E-state index in [1.54, 1.807) is 35.4 Å². The van der Waals surface area contributed by atoms with Gasteiger partial charge in [0.1, 0.15) is 16.4 Å². The molecule has 0 spiro atoms. The van der Waals surface area contributed by atoms with Crippen LogP contribution in [-0.4, -0.2) is 40.4 Å². The summed E-state index contributed by atoms with van der Waals surface area (Å²) in [5.41, 5.74) is 0.975. The van der Waals surface area contributed by atoms with Crippen LogP contribution in [0, 0.1) is 5.82 Å². The molecule has 0 atom stereocenters. The number of amides is 1. The molecule has 3 aromatic heterocycles. The molecule has 4 rings (SSSR count). The third-order valence-corrected chi connectivity index (χ3v) is 5.78. The molecule has 0 aliphatic carbocycles. The lowest BCUT2D eigenvalue weighted by atomic mass is 10.3. The fraction of sp³-hybridized carbons (Fsp3) is 0.222. The summed E-state index contributed by atoms with van der Waals surface area (Å²) in [5, 5.41) is 1.98. The zero-order valence-corrected chi connectivity index (χ0v) is 15.6. The number of nitrogens with zero attached hydrogens (tertiary/aromatic N) is 3. The lowest BCUT2D eigenvalue weighted by Crippen LogP contribution is -2.28. The Hall–Kier alpha value is -2.45. The minimum absolute atomic E-state index is 0.0150. The number of halogens is 1. The summed E-state index contributed by atoms with van der Waals surface area (Å²) >= 11 is 3.00. The van der Waals surface area contributed by atoms with Gasteiger partial charge >= 0.3 is 0 Å². The van der Waals surface area contributed by atoms with E-state index in [-0.39, 0.29) is 11.7 Å². The Morgan fingerprint density at radius 3 is 2.96 bits per heavy atom. The number of imidazole rings is 1. The van der Waals surface area contributed by atoms with Gasteiger partial charge in [-0.25, -0.2) is 9.37 Å². The molecule has 1 aromatic carbocycles. The molecule has 134 valence electrons. The molecule has 4 aromatic rings. The number of hydrogen-bond acceptors (Lipinski definition) is 5. The minimum atomic E-state index is -0.287. The van der Waals surface area contributed by atoms with E-state index in [2.05, 4.69) is 4.98 Å².